The van der Waals surface area contributed by atoms with Crippen molar-refractivity contribution in [2.45, 2.75) is 26.6 Å². The number of rotatable bonds is 8. The minimum absolute atomic E-state index is 0.0388. The van der Waals surface area contributed by atoms with Crippen LogP contribution in [0.1, 0.15) is 40.1 Å². The fraction of sp³-hybridized carbons (Fsp3) is 0.174. The number of aromatic carboxylic acids is 1. The van der Waals surface area contributed by atoms with E-state index in [1.807, 2.05) is 44.2 Å². The number of hydrogen-bond acceptors (Lipinski definition) is 5. The smallest absolute Gasteiger partial charge is 0.337 e. The van der Waals surface area contributed by atoms with E-state index in [4.69, 9.17) is 14.6 Å². The van der Waals surface area contributed by atoms with Crippen LogP contribution in [0.25, 0.3) is 0 Å². The molecule has 7 heteroatoms. The molecule has 0 unspecified atom stereocenters. The molecule has 0 aliphatic heterocycles. The number of benzene rings is 2. The van der Waals surface area contributed by atoms with Crippen LogP contribution in [-0.4, -0.2) is 28.1 Å². The molecule has 7 nitrogen and oxygen atoms in total. The number of amides is 1. The molecule has 30 heavy (non-hydrogen) atoms. The van der Waals surface area contributed by atoms with Gasteiger partial charge in [-0.05, 0) is 43.7 Å². The van der Waals surface area contributed by atoms with Crippen LogP contribution in [0.4, 0.5) is 5.82 Å². The summed E-state index contributed by atoms with van der Waals surface area (Å²) in [5.74, 6) is -0.248. The number of pyridine rings is 1. The second-order valence-corrected chi connectivity index (χ2v) is 6.83. The zero-order valence-corrected chi connectivity index (χ0v) is 16.7. The van der Waals surface area contributed by atoms with E-state index in [0.717, 1.165) is 5.56 Å². The Hall–Kier alpha value is -3.87. The van der Waals surface area contributed by atoms with E-state index in [-0.39, 0.29) is 17.5 Å². The Morgan fingerprint density at radius 3 is 2.37 bits per heavy atom. The van der Waals surface area contributed by atoms with Crippen LogP contribution in [0.3, 0.4) is 0 Å². The predicted molar refractivity (Wildman–Crippen MR) is 112 cm³/mol. The highest BCUT2D eigenvalue weighted by Gasteiger charge is 2.13. The van der Waals surface area contributed by atoms with Gasteiger partial charge in [-0.15, -0.1) is 0 Å². The number of carboxylic acids is 1. The van der Waals surface area contributed by atoms with Crippen molar-refractivity contribution in [1.82, 2.24) is 4.98 Å². The van der Waals surface area contributed by atoms with E-state index in [1.165, 1.54) is 18.3 Å². The van der Waals surface area contributed by atoms with Crippen LogP contribution in [0.5, 0.6) is 11.5 Å². The Kier molecular flexibility index (Phi) is 6.64. The maximum atomic E-state index is 12.7. The number of nitrogens with one attached hydrogen (secondary N) is 1. The highest BCUT2D eigenvalue weighted by molar-refractivity contribution is 6.04. The van der Waals surface area contributed by atoms with Crippen LogP contribution in [0.15, 0.2) is 66.9 Å². The third kappa shape index (κ3) is 5.81. The molecule has 0 fully saturated rings. The van der Waals surface area contributed by atoms with Crippen molar-refractivity contribution in [2.75, 3.05) is 5.32 Å². The lowest BCUT2D eigenvalue weighted by molar-refractivity contribution is 0.0696. The lowest BCUT2D eigenvalue weighted by Crippen LogP contribution is -2.14. The molecule has 3 aromatic rings. The number of carboxylic acid groups (broad SMARTS) is 1. The third-order valence-electron chi connectivity index (χ3n) is 4.01. The Bertz CT molecular complexity index is 1020. The predicted octanol–water partition coefficient (Wildman–Crippen LogP) is 4.40. The maximum Gasteiger partial charge on any atom is 0.337 e. The molecule has 0 saturated carbocycles. The van der Waals surface area contributed by atoms with Crippen molar-refractivity contribution in [1.29, 1.82) is 0 Å². The molecular formula is C23H22N2O5. The number of carbonyl (C=O) groups is 2. The van der Waals surface area contributed by atoms with Crippen molar-refractivity contribution in [3.63, 3.8) is 0 Å². The number of carbonyl (C=O) groups excluding carboxylic acids is 1. The Balaban J connectivity index is 1.78. The largest absolute Gasteiger partial charge is 0.491 e. The van der Waals surface area contributed by atoms with Gasteiger partial charge in [0.15, 0.2) is 0 Å². The standard InChI is InChI=1S/C23H22N2O5/c1-15(2)30-20-11-18(10-19(12-20)29-14-16-6-4-3-5-7-16)22(26)25-21-9-8-17(13-24-21)23(27)28/h3-13,15H,14H2,1-2H3,(H,27,28)(H,24,25,26). The molecular weight excluding hydrogens is 384 g/mol. The van der Waals surface area contributed by atoms with E-state index >= 15 is 0 Å². The van der Waals surface area contributed by atoms with Gasteiger partial charge < -0.3 is 19.9 Å². The number of hydrogen-bond donors (Lipinski definition) is 2. The molecule has 0 spiro atoms. The van der Waals surface area contributed by atoms with Gasteiger partial charge in [0.25, 0.3) is 5.91 Å². The van der Waals surface area contributed by atoms with Crippen molar-refractivity contribution in [3.8, 4) is 11.5 Å². The first-order valence-electron chi connectivity index (χ1n) is 9.40. The molecule has 0 aliphatic carbocycles. The number of aromatic nitrogens is 1. The van der Waals surface area contributed by atoms with Crippen LogP contribution < -0.4 is 14.8 Å². The number of nitrogens with zero attached hydrogens (tertiary/aromatic N) is 1. The molecule has 0 bridgehead atoms. The summed E-state index contributed by atoms with van der Waals surface area (Å²) >= 11 is 0. The molecule has 2 aromatic carbocycles. The van der Waals surface area contributed by atoms with Crippen LogP contribution in [-0.2, 0) is 6.61 Å². The normalized spacial score (nSPS) is 10.5. The van der Waals surface area contributed by atoms with Crippen molar-refractivity contribution in [3.05, 3.63) is 83.6 Å². The highest BCUT2D eigenvalue weighted by atomic mass is 16.5. The van der Waals surface area contributed by atoms with Gasteiger partial charge in [0, 0.05) is 17.8 Å². The lowest BCUT2D eigenvalue weighted by Gasteiger charge is -2.14. The van der Waals surface area contributed by atoms with Gasteiger partial charge in [-0.25, -0.2) is 9.78 Å². The summed E-state index contributed by atoms with van der Waals surface area (Å²) in [6, 6.07) is 17.5. The third-order valence-corrected chi connectivity index (χ3v) is 4.01. The lowest BCUT2D eigenvalue weighted by atomic mass is 10.1. The number of anilines is 1. The molecule has 1 aromatic heterocycles. The van der Waals surface area contributed by atoms with Gasteiger partial charge in [0.1, 0.15) is 23.9 Å². The van der Waals surface area contributed by atoms with Gasteiger partial charge >= 0.3 is 5.97 Å². The first-order chi connectivity index (χ1) is 14.4. The molecule has 154 valence electrons. The molecule has 0 aliphatic rings. The van der Waals surface area contributed by atoms with Crippen LogP contribution in [0.2, 0.25) is 0 Å². The van der Waals surface area contributed by atoms with Gasteiger partial charge in [-0.3, -0.25) is 4.79 Å². The fourth-order valence-electron chi connectivity index (χ4n) is 2.65. The SMILES string of the molecule is CC(C)Oc1cc(OCc2ccccc2)cc(C(=O)Nc2ccc(C(=O)O)cn2)c1. The molecule has 0 radical (unpaired) electrons. The molecule has 3 rings (SSSR count). The average molecular weight is 406 g/mol. The molecule has 2 N–H and O–H groups in total. The van der Waals surface area contributed by atoms with E-state index in [0.29, 0.717) is 23.7 Å². The fourth-order valence-corrected chi connectivity index (χ4v) is 2.65. The second-order valence-electron chi connectivity index (χ2n) is 6.83. The van der Waals surface area contributed by atoms with Gasteiger partial charge in [0.05, 0.1) is 11.7 Å². The summed E-state index contributed by atoms with van der Waals surface area (Å²) in [4.78, 5) is 27.6. The summed E-state index contributed by atoms with van der Waals surface area (Å²) < 4.78 is 11.6. The minimum atomic E-state index is -1.08. The van der Waals surface area contributed by atoms with E-state index in [2.05, 4.69) is 10.3 Å². The zero-order chi connectivity index (χ0) is 21.5. The van der Waals surface area contributed by atoms with Crippen molar-refractivity contribution >= 4 is 17.7 Å². The van der Waals surface area contributed by atoms with Crippen molar-refractivity contribution in [2.24, 2.45) is 0 Å². The van der Waals surface area contributed by atoms with Gasteiger partial charge in [-0.1, -0.05) is 30.3 Å². The van der Waals surface area contributed by atoms with E-state index in [9.17, 15) is 9.59 Å². The highest BCUT2D eigenvalue weighted by Crippen LogP contribution is 2.25. The minimum Gasteiger partial charge on any atom is -0.491 e. The van der Waals surface area contributed by atoms with Crippen LogP contribution in [0, 0.1) is 0 Å². The average Bonchev–Trinajstić information content (AvgIpc) is 2.73. The molecule has 1 heterocycles. The number of ether oxygens (including phenoxy) is 2. The van der Waals surface area contributed by atoms with Crippen LogP contribution >= 0.6 is 0 Å². The topological polar surface area (TPSA) is 97.8 Å². The second kappa shape index (κ2) is 9.56. The molecule has 1 amide bonds. The van der Waals surface area contributed by atoms with E-state index < -0.39 is 11.9 Å². The molecule has 0 atom stereocenters. The maximum absolute atomic E-state index is 12.7. The summed E-state index contributed by atoms with van der Waals surface area (Å²) in [5, 5.41) is 11.6. The summed E-state index contributed by atoms with van der Waals surface area (Å²) in [6.07, 6.45) is 1.11. The quantitative estimate of drug-likeness (QED) is 0.575. The summed E-state index contributed by atoms with van der Waals surface area (Å²) in [6.45, 7) is 4.14. The summed E-state index contributed by atoms with van der Waals surface area (Å²) in [5.41, 5.74) is 1.37. The van der Waals surface area contributed by atoms with Gasteiger partial charge in [0.2, 0.25) is 0 Å². The van der Waals surface area contributed by atoms with Crippen molar-refractivity contribution < 1.29 is 24.2 Å². The summed E-state index contributed by atoms with van der Waals surface area (Å²) in [7, 11) is 0. The van der Waals surface area contributed by atoms with E-state index in [1.54, 1.807) is 18.2 Å². The first kappa shape index (κ1) is 20.9. The molecule has 0 saturated heterocycles. The zero-order valence-electron chi connectivity index (χ0n) is 16.7. The van der Waals surface area contributed by atoms with Gasteiger partial charge in [-0.2, -0.15) is 0 Å². The monoisotopic (exact) mass is 406 g/mol. The Morgan fingerprint density at radius 1 is 1.00 bits per heavy atom. The Morgan fingerprint density at radius 2 is 1.73 bits per heavy atom. The Labute approximate surface area is 174 Å². The first-order valence-corrected chi connectivity index (χ1v) is 9.40.